The summed E-state index contributed by atoms with van der Waals surface area (Å²) in [5.74, 6) is 1.12. The Hall–Kier alpha value is -0.0600. The monoisotopic (exact) mass is 347 g/mol. The molecule has 0 aliphatic rings. The summed E-state index contributed by atoms with van der Waals surface area (Å²) in [6.45, 7) is 2.96. The van der Waals surface area contributed by atoms with Crippen LogP contribution in [0, 0.1) is 5.82 Å². The normalized spacial score (nSPS) is 12.6. The zero-order valence-electron chi connectivity index (χ0n) is 11.7. The third-order valence-corrected chi connectivity index (χ3v) is 4.34. The molecule has 1 aromatic rings. The lowest BCUT2D eigenvalue weighted by molar-refractivity contribution is 0.510. The first-order chi connectivity index (χ1) is 9.15. The third kappa shape index (κ3) is 6.77. The Morgan fingerprint density at radius 2 is 2.00 bits per heavy atom. The highest BCUT2D eigenvalue weighted by atomic mass is 79.9. The lowest BCUT2D eigenvalue weighted by Crippen LogP contribution is -2.20. The van der Waals surface area contributed by atoms with Gasteiger partial charge in [-0.25, -0.2) is 4.39 Å². The molecule has 0 aliphatic carbocycles. The van der Waals surface area contributed by atoms with E-state index in [0.29, 0.717) is 0 Å². The maximum Gasteiger partial charge on any atom is 0.128 e. The fourth-order valence-electron chi connectivity index (χ4n) is 2.00. The minimum Gasteiger partial charge on any atom is -0.310 e. The topological polar surface area (TPSA) is 12.0 Å². The van der Waals surface area contributed by atoms with E-state index in [1.165, 1.54) is 31.1 Å². The SMILES string of the molecule is CSCCCCCCNC(C)c1cc(Br)ccc1F. The number of benzene rings is 1. The van der Waals surface area contributed by atoms with Crippen molar-refractivity contribution in [3.8, 4) is 0 Å². The minimum atomic E-state index is -0.136. The van der Waals surface area contributed by atoms with E-state index in [2.05, 4.69) is 27.5 Å². The molecule has 1 atom stereocenters. The summed E-state index contributed by atoms with van der Waals surface area (Å²) in [6, 6.07) is 5.16. The van der Waals surface area contributed by atoms with Gasteiger partial charge >= 0.3 is 0 Å². The van der Waals surface area contributed by atoms with E-state index in [4.69, 9.17) is 0 Å². The molecule has 0 aromatic heterocycles. The summed E-state index contributed by atoms with van der Waals surface area (Å²) in [5, 5.41) is 3.39. The summed E-state index contributed by atoms with van der Waals surface area (Å²) in [6.07, 6.45) is 7.16. The predicted molar refractivity (Wildman–Crippen MR) is 87.4 cm³/mol. The number of thioether (sulfide) groups is 1. The van der Waals surface area contributed by atoms with Crippen molar-refractivity contribution in [1.82, 2.24) is 5.32 Å². The fraction of sp³-hybridized carbons (Fsp3) is 0.600. The lowest BCUT2D eigenvalue weighted by Gasteiger charge is -2.15. The molecular weight excluding hydrogens is 325 g/mol. The van der Waals surface area contributed by atoms with Gasteiger partial charge in [-0.15, -0.1) is 0 Å². The van der Waals surface area contributed by atoms with Crippen molar-refractivity contribution in [3.63, 3.8) is 0 Å². The van der Waals surface area contributed by atoms with Crippen LogP contribution in [-0.4, -0.2) is 18.6 Å². The Bertz CT molecular complexity index is 373. The molecule has 0 heterocycles. The van der Waals surface area contributed by atoms with Crippen molar-refractivity contribution in [2.75, 3.05) is 18.6 Å². The summed E-state index contributed by atoms with van der Waals surface area (Å²) < 4.78 is 14.6. The highest BCUT2D eigenvalue weighted by molar-refractivity contribution is 9.10. The largest absolute Gasteiger partial charge is 0.310 e. The van der Waals surface area contributed by atoms with Gasteiger partial charge in [-0.2, -0.15) is 11.8 Å². The second-order valence-electron chi connectivity index (χ2n) is 4.75. The second-order valence-corrected chi connectivity index (χ2v) is 6.65. The predicted octanol–water partition coefficient (Wildman–Crippen LogP) is 5.16. The second kappa shape index (κ2) is 9.78. The van der Waals surface area contributed by atoms with Gasteiger partial charge in [0.05, 0.1) is 0 Å². The van der Waals surface area contributed by atoms with Gasteiger partial charge in [0.15, 0.2) is 0 Å². The fourth-order valence-corrected chi connectivity index (χ4v) is 2.87. The molecule has 0 amide bonds. The molecule has 1 rings (SSSR count). The van der Waals surface area contributed by atoms with Gasteiger partial charge in [-0.3, -0.25) is 0 Å². The average Bonchev–Trinajstić information content (AvgIpc) is 2.40. The number of hydrogen-bond acceptors (Lipinski definition) is 2. The molecule has 1 nitrogen and oxygen atoms in total. The van der Waals surface area contributed by atoms with E-state index in [9.17, 15) is 4.39 Å². The van der Waals surface area contributed by atoms with Gasteiger partial charge in [-0.1, -0.05) is 28.8 Å². The highest BCUT2D eigenvalue weighted by Crippen LogP contribution is 2.21. The van der Waals surface area contributed by atoms with Gasteiger partial charge in [0.1, 0.15) is 5.82 Å². The molecule has 1 N–H and O–H groups in total. The molecule has 0 saturated carbocycles. The van der Waals surface area contributed by atoms with Crippen LogP contribution in [0.1, 0.15) is 44.2 Å². The molecule has 4 heteroatoms. The third-order valence-electron chi connectivity index (χ3n) is 3.15. The summed E-state index contributed by atoms with van der Waals surface area (Å²) >= 11 is 5.29. The van der Waals surface area contributed by atoms with E-state index < -0.39 is 0 Å². The van der Waals surface area contributed by atoms with Crippen molar-refractivity contribution in [1.29, 1.82) is 0 Å². The van der Waals surface area contributed by atoms with Crippen molar-refractivity contribution in [3.05, 3.63) is 34.1 Å². The standard InChI is InChI=1S/C15H23BrFNS/c1-12(14-11-13(16)7-8-15(14)17)18-9-5-3-4-6-10-19-2/h7-8,11-12,18H,3-6,9-10H2,1-2H3. The van der Waals surface area contributed by atoms with Crippen LogP contribution in [0.4, 0.5) is 4.39 Å². The quantitative estimate of drug-likeness (QED) is 0.619. The van der Waals surface area contributed by atoms with E-state index in [0.717, 1.165) is 23.0 Å². The molecule has 19 heavy (non-hydrogen) atoms. The minimum absolute atomic E-state index is 0.0590. The van der Waals surface area contributed by atoms with Crippen molar-refractivity contribution in [2.45, 2.75) is 38.6 Å². The molecule has 0 aliphatic heterocycles. The van der Waals surface area contributed by atoms with Crippen molar-refractivity contribution >= 4 is 27.7 Å². The smallest absolute Gasteiger partial charge is 0.128 e. The van der Waals surface area contributed by atoms with E-state index in [1.54, 1.807) is 6.07 Å². The number of nitrogens with one attached hydrogen (secondary N) is 1. The molecular formula is C15H23BrFNS. The molecule has 0 bridgehead atoms. The molecule has 1 aromatic carbocycles. The Morgan fingerprint density at radius 3 is 2.74 bits per heavy atom. The van der Waals surface area contributed by atoms with Crippen molar-refractivity contribution in [2.24, 2.45) is 0 Å². The molecule has 0 radical (unpaired) electrons. The van der Waals surface area contributed by atoms with Crippen LogP contribution in [0.25, 0.3) is 0 Å². The van der Waals surface area contributed by atoms with Gasteiger partial charge in [-0.05, 0) is 56.5 Å². The maximum atomic E-state index is 13.7. The summed E-state index contributed by atoms with van der Waals surface area (Å²) in [7, 11) is 0. The Labute approximate surface area is 128 Å². The maximum absolute atomic E-state index is 13.7. The first-order valence-corrected chi connectivity index (χ1v) is 9.01. The van der Waals surface area contributed by atoms with Crippen LogP contribution in [-0.2, 0) is 0 Å². The van der Waals surface area contributed by atoms with Crippen LogP contribution in [0.5, 0.6) is 0 Å². The lowest BCUT2D eigenvalue weighted by atomic mass is 10.1. The van der Waals surface area contributed by atoms with Gasteiger partial charge in [0.2, 0.25) is 0 Å². The average molecular weight is 348 g/mol. The molecule has 0 fully saturated rings. The van der Waals surface area contributed by atoms with Gasteiger partial charge < -0.3 is 5.32 Å². The molecule has 0 saturated heterocycles. The van der Waals surface area contributed by atoms with Crippen molar-refractivity contribution < 1.29 is 4.39 Å². The van der Waals surface area contributed by atoms with E-state index >= 15 is 0 Å². The molecule has 108 valence electrons. The van der Waals surface area contributed by atoms with Crippen LogP contribution in [0.3, 0.4) is 0 Å². The zero-order chi connectivity index (χ0) is 14.1. The van der Waals surface area contributed by atoms with Crippen LogP contribution in [0.2, 0.25) is 0 Å². The highest BCUT2D eigenvalue weighted by Gasteiger charge is 2.10. The first kappa shape index (κ1) is 17.0. The van der Waals surface area contributed by atoms with Crippen LogP contribution >= 0.6 is 27.7 Å². The van der Waals surface area contributed by atoms with Crippen LogP contribution < -0.4 is 5.32 Å². The first-order valence-electron chi connectivity index (χ1n) is 6.82. The number of unbranched alkanes of at least 4 members (excludes halogenated alkanes) is 3. The summed E-state index contributed by atoms with van der Waals surface area (Å²) in [5.41, 5.74) is 0.733. The zero-order valence-corrected chi connectivity index (χ0v) is 14.1. The molecule has 0 spiro atoms. The summed E-state index contributed by atoms with van der Waals surface area (Å²) in [4.78, 5) is 0. The Morgan fingerprint density at radius 1 is 1.26 bits per heavy atom. The Kier molecular flexibility index (Phi) is 8.75. The van der Waals surface area contributed by atoms with E-state index in [-0.39, 0.29) is 11.9 Å². The number of rotatable bonds is 9. The number of halogens is 2. The van der Waals surface area contributed by atoms with E-state index in [1.807, 2.05) is 24.8 Å². The Balaban J connectivity index is 2.23. The van der Waals surface area contributed by atoms with Crippen LogP contribution in [0.15, 0.2) is 22.7 Å². The molecule has 1 unspecified atom stereocenters. The van der Waals surface area contributed by atoms with Gasteiger partial charge in [0, 0.05) is 16.1 Å². The number of hydrogen-bond donors (Lipinski definition) is 1. The van der Waals surface area contributed by atoms with Gasteiger partial charge in [0.25, 0.3) is 0 Å².